The second-order valence-electron chi connectivity index (χ2n) is 5.14. The maximum atomic E-state index is 6.36. The first kappa shape index (κ1) is 11.0. The zero-order chi connectivity index (χ0) is 12.0. The van der Waals surface area contributed by atoms with Crippen LogP contribution in [-0.4, -0.2) is 9.97 Å². The number of imidazole rings is 1. The summed E-state index contributed by atoms with van der Waals surface area (Å²) in [4.78, 5) is 9.12. The van der Waals surface area contributed by atoms with Crippen LogP contribution in [0.3, 0.4) is 0 Å². The van der Waals surface area contributed by atoms with Crippen molar-refractivity contribution in [2.75, 3.05) is 0 Å². The Balaban J connectivity index is 1.95. The molecule has 3 rings (SSSR count). The molecule has 2 aromatic rings. The molecule has 0 saturated heterocycles. The highest BCUT2D eigenvalue weighted by molar-refractivity contribution is 7.13. The Bertz CT molecular complexity index is 534. The van der Waals surface area contributed by atoms with Crippen molar-refractivity contribution in [3.05, 3.63) is 29.0 Å². The zero-order valence-electron chi connectivity index (χ0n) is 10.2. The van der Waals surface area contributed by atoms with Gasteiger partial charge in [-0.15, -0.1) is 11.3 Å². The van der Waals surface area contributed by atoms with Crippen LogP contribution in [0.1, 0.15) is 31.2 Å². The summed E-state index contributed by atoms with van der Waals surface area (Å²) in [5.41, 5.74) is 8.43. The molecule has 0 aliphatic heterocycles. The molecule has 1 atom stereocenters. The first-order chi connectivity index (χ1) is 8.09. The Labute approximate surface area is 105 Å². The van der Waals surface area contributed by atoms with E-state index >= 15 is 0 Å². The van der Waals surface area contributed by atoms with Crippen molar-refractivity contribution in [2.45, 2.75) is 32.2 Å². The quantitative estimate of drug-likeness (QED) is 0.876. The molecule has 2 heterocycles. The molecule has 1 aliphatic carbocycles. The van der Waals surface area contributed by atoms with Gasteiger partial charge >= 0.3 is 0 Å². The van der Waals surface area contributed by atoms with E-state index in [-0.39, 0.29) is 5.54 Å². The second-order valence-corrected chi connectivity index (χ2v) is 6.05. The minimum atomic E-state index is -0.302. The third-order valence-electron chi connectivity index (χ3n) is 3.62. The van der Waals surface area contributed by atoms with Gasteiger partial charge in [-0.3, -0.25) is 0 Å². The number of rotatable bonds is 3. The summed E-state index contributed by atoms with van der Waals surface area (Å²) in [5.74, 6) is 1.51. The van der Waals surface area contributed by atoms with E-state index in [1.54, 1.807) is 11.3 Å². The predicted molar refractivity (Wildman–Crippen MR) is 70.9 cm³/mol. The predicted octanol–water partition coefficient (Wildman–Crippen LogP) is 3.03. The molecule has 3 N–H and O–H groups in total. The van der Waals surface area contributed by atoms with Gasteiger partial charge in [0.15, 0.2) is 0 Å². The van der Waals surface area contributed by atoms with Gasteiger partial charge in [-0.1, -0.05) is 0 Å². The van der Waals surface area contributed by atoms with E-state index in [0.717, 1.165) is 11.5 Å². The van der Waals surface area contributed by atoms with Gasteiger partial charge in [0.25, 0.3) is 0 Å². The number of hydrogen-bond acceptors (Lipinski definition) is 3. The Kier molecular flexibility index (Phi) is 2.38. The molecule has 17 heavy (non-hydrogen) atoms. The highest BCUT2D eigenvalue weighted by Crippen LogP contribution is 2.43. The molecule has 1 fully saturated rings. The Morgan fingerprint density at radius 2 is 2.29 bits per heavy atom. The van der Waals surface area contributed by atoms with Gasteiger partial charge < -0.3 is 10.7 Å². The van der Waals surface area contributed by atoms with Crippen LogP contribution in [0.2, 0.25) is 0 Å². The molecular formula is C13H17N3S. The van der Waals surface area contributed by atoms with Crippen molar-refractivity contribution in [1.82, 2.24) is 9.97 Å². The summed E-state index contributed by atoms with van der Waals surface area (Å²) in [7, 11) is 0. The number of aryl methyl sites for hydroxylation is 1. The topological polar surface area (TPSA) is 54.7 Å². The Hall–Kier alpha value is -1.13. The van der Waals surface area contributed by atoms with Crippen molar-refractivity contribution < 1.29 is 0 Å². The molecule has 1 aliphatic rings. The summed E-state index contributed by atoms with van der Waals surface area (Å²) in [5, 5.41) is 2.10. The monoisotopic (exact) mass is 247 g/mol. The normalized spacial score (nSPS) is 19.2. The van der Waals surface area contributed by atoms with Crippen molar-refractivity contribution in [1.29, 1.82) is 0 Å². The summed E-state index contributed by atoms with van der Waals surface area (Å²) in [6.45, 7) is 4.20. The van der Waals surface area contributed by atoms with Crippen LogP contribution in [0.15, 0.2) is 17.6 Å². The molecule has 0 radical (unpaired) electrons. The summed E-state index contributed by atoms with van der Waals surface area (Å²) in [6, 6.07) is 2.13. The average molecular weight is 247 g/mol. The molecule has 0 aromatic carbocycles. The number of aromatic amines is 1. The Morgan fingerprint density at radius 3 is 2.88 bits per heavy atom. The van der Waals surface area contributed by atoms with Crippen LogP contribution in [0.25, 0.3) is 10.6 Å². The number of nitrogens with zero attached hydrogens (tertiary/aromatic N) is 1. The second kappa shape index (κ2) is 3.68. The van der Waals surface area contributed by atoms with Crippen molar-refractivity contribution in [3.63, 3.8) is 0 Å². The minimum absolute atomic E-state index is 0.302. The highest BCUT2D eigenvalue weighted by Gasteiger charge is 2.41. The molecule has 1 unspecified atom stereocenters. The van der Waals surface area contributed by atoms with Crippen molar-refractivity contribution >= 4 is 11.3 Å². The smallest absolute Gasteiger partial charge is 0.126 e. The van der Waals surface area contributed by atoms with Gasteiger partial charge in [-0.25, -0.2) is 4.98 Å². The zero-order valence-corrected chi connectivity index (χ0v) is 11.0. The molecule has 3 nitrogen and oxygen atoms in total. The van der Waals surface area contributed by atoms with Gasteiger partial charge in [0, 0.05) is 0 Å². The van der Waals surface area contributed by atoms with Gasteiger partial charge in [0.1, 0.15) is 5.82 Å². The molecular weight excluding hydrogens is 230 g/mol. The van der Waals surface area contributed by atoms with Gasteiger partial charge in [0.05, 0.1) is 22.3 Å². The molecule has 90 valence electrons. The number of aromatic nitrogens is 2. The van der Waals surface area contributed by atoms with Gasteiger partial charge in [-0.2, -0.15) is 0 Å². The maximum Gasteiger partial charge on any atom is 0.126 e. The molecule has 0 amide bonds. The average Bonchev–Trinajstić information content (AvgIpc) is 2.89. The summed E-state index contributed by atoms with van der Waals surface area (Å²) >= 11 is 1.74. The van der Waals surface area contributed by atoms with Crippen LogP contribution in [-0.2, 0) is 5.54 Å². The van der Waals surface area contributed by atoms with Crippen LogP contribution in [0.4, 0.5) is 0 Å². The van der Waals surface area contributed by atoms with Crippen molar-refractivity contribution in [3.8, 4) is 10.6 Å². The number of H-pyrrole nitrogens is 1. The Morgan fingerprint density at radius 1 is 1.53 bits per heavy atom. The van der Waals surface area contributed by atoms with Gasteiger partial charge in [0.2, 0.25) is 0 Å². The lowest BCUT2D eigenvalue weighted by Gasteiger charge is -2.21. The lowest BCUT2D eigenvalue weighted by atomic mass is 9.97. The lowest BCUT2D eigenvalue weighted by molar-refractivity contribution is 0.404. The first-order valence-electron chi connectivity index (χ1n) is 5.98. The first-order valence-corrected chi connectivity index (χ1v) is 6.86. The van der Waals surface area contributed by atoms with E-state index in [1.165, 1.54) is 23.3 Å². The SMILES string of the molecule is Cc1ccsc1-c1cnc(C(C)(N)C2CC2)[nH]1. The van der Waals surface area contributed by atoms with Gasteiger partial charge in [-0.05, 0) is 49.6 Å². The number of thiophene rings is 1. The molecule has 0 bridgehead atoms. The third-order valence-corrected chi connectivity index (χ3v) is 4.67. The molecule has 0 spiro atoms. The number of nitrogens with two attached hydrogens (primary N) is 1. The number of hydrogen-bond donors (Lipinski definition) is 2. The molecule has 4 heteroatoms. The summed E-state index contributed by atoms with van der Waals surface area (Å²) in [6.07, 6.45) is 4.35. The maximum absolute atomic E-state index is 6.36. The third kappa shape index (κ3) is 1.81. The minimum Gasteiger partial charge on any atom is -0.340 e. The van der Waals surface area contributed by atoms with E-state index in [0.29, 0.717) is 5.92 Å². The van der Waals surface area contributed by atoms with Crippen LogP contribution >= 0.6 is 11.3 Å². The standard InChI is InChI=1S/C13H17N3S/c1-8-5-6-17-11(8)10-7-15-12(16-10)13(2,14)9-3-4-9/h5-7,9H,3-4,14H2,1-2H3,(H,15,16). The van der Waals surface area contributed by atoms with Crippen LogP contribution in [0, 0.1) is 12.8 Å². The van der Waals surface area contributed by atoms with Crippen LogP contribution in [0.5, 0.6) is 0 Å². The van der Waals surface area contributed by atoms with E-state index in [9.17, 15) is 0 Å². The molecule has 2 aromatic heterocycles. The van der Waals surface area contributed by atoms with E-state index in [1.807, 2.05) is 6.20 Å². The summed E-state index contributed by atoms with van der Waals surface area (Å²) < 4.78 is 0. The van der Waals surface area contributed by atoms with E-state index in [4.69, 9.17) is 5.73 Å². The number of nitrogens with one attached hydrogen (secondary N) is 1. The lowest BCUT2D eigenvalue weighted by Crippen LogP contribution is -2.36. The fraction of sp³-hybridized carbons (Fsp3) is 0.462. The van der Waals surface area contributed by atoms with Crippen molar-refractivity contribution in [2.24, 2.45) is 11.7 Å². The largest absolute Gasteiger partial charge is 0.340 e. The van der Waals surface area contributed by atoms with Crippen LogP contribution < -0.4 is 5.73 Å². The fourth-order valence-electron chi connectivity index (χ4n) is 2.24. The highest BCUT2D eigenvalue weighted by atomic mass is 32.1. The van der Waals surface area contributed by atoms with E-state index < -0.39 is 0 Å². The molecule has 1 saturated carbocycles. The fourth-order valence-corrected chi connectivity index (χ4v) is 3.13. The van der Waals surface area contributed by atoms with E-state index in [2.05, 4.69) is 35.3 Å².